The number of nitrogen functional groups attached to an aromatic ring is 1. The van der Waals surface area contributed by atoms with Crippen LogP contribution < -0.4 is 20.1 Å². The van der Waals surface area contributed by atoms with Crippen molar-refractivity contribution in [2.45, 2.75) is 12.8 Å². The highest BCUT2D eigenvalue weighted by molar-refractivity contribution is 6.41. The Bertz CT molecular complexity index is 1060. The number of aromatic nitrogens is 2. The summed E-state index contributed by atoms with van der Waals surface area (Å²) in [6.07, 6.45) is 4.23. The van der Waals surface area contributed by atoms with Crippen molar-refractivity contribution < 1.29 is 9.47 Å². The van der Waals surface area contributed by atoms with Gasteiger partial charge >= 0.3 is 0 Å². The average Bonchev–Trinajstić information content (AvgIpc) is 3.52. The van der Waals surface area contributed by atoms with Crippen LogP contribution in [0.4, 0.5) is 11.6 Å². The molecule has 0 bridgehead atoms. The summed E-state index contributed by atoms with van der Waals surface area (Å²) in [5.74, 6) is 2.89. The van der Waals surface area contributed by atoms with E-state index in [9.17, 15) is 0 Å². The van der Waals surface area contributed by atoms with Gasteiger partial charge in [-0.25, -0.2) is 9.97 Å². The van der Waals surface area contributed by atoms with Crippen molar-refractivity contribution in [2.24, 2.45) is 5.92 Å². The van der Waals surface area contributed by atoms with E-state index >= 15 is 0 Å². The molecule has 1 aromatic carbocycles. The van der Waals surface area contributed by atoms with E-state index in [-0.39, 0.29) is 0 Å². The summed E-state index contributed by atoms with van der Waals surface area (Å²) < 4.78 is 10.8. The first kappa shape index (κ1) is 19.9. The lowest BCUT2D eigenvalue weighted by atomic mass is 10.1. The summed E-state index contributed by atoms with van der Waals surface area (Å²) in [5, 5.41) is 2.59. The Morgan fingerprint density at radius 2 is 1.76 bits per heavy atom. The van der Waals surface area contributed by atoms with Crippen molar-refractivity contribution in [3.63, 3.8) is 0 Å². The van der Waals surface area contributed by atoms with E-state index < -0.39 is 0 Å². The second-order valence-corrected chi connectivity index (χ2v) is 8.03. The Hall–Kier alpha value is -2.44. The third-order valence-corrected chi connectivity index (χ3v) is 5.89. The van der Waals surface area contributed by atoms with Gasteiger partial charge in [0.15, 0.2) is 0 Å². The quantitative estimate of drug-likeness (QED) is 0.587. The smallest absolute Gasteiger partial charge is 0.141 e. The zero-order valence-electron chi connectivity index (χ0n) is 16.5. The molecule has 0 saturated heterocycles. The molecule has 2 aromatic heterocycles. The standard InChI is InChI=1S/C21H22Cl2N4O2/c1-27(10-11-4-5-11)21-13-7-17(24)25-9-12(13)6-14(26-21)18-19(22)15(28-2)8-16(29-3)20(18)23/h6-9,11H,4-5,10H2,1-3H3,(H2,24,25). The minimum absolute atomic E-state index is 0.379. The molecule has 0 radical (unpaired) electrons. The van der Waals surface area contributed by atoms with Gasteiger partial charge in [-0.2, -0.15) is 0 Å². The van der Waals surface area contributed by atoms with E-state index in [4.69, 9.17) is 43.4 Å². The molecule has 1 aliphatic carbocycles. The molecule has 2 heterocycles. The number of nitrogens with two attached hydrogens (primary N) is 1. The topological polar surface area (TPSA) is 73.5 Å². The first-order chi connectivity index (χ1) is 13.9. The van der Waals surface area contributed by atoms with Gasteiger partial charge in [0, 0.05) is 42.2 Å². The van der Waals surface area contributed by atoms with Crippen LogP contribution in [0.1, 0.15) is 12.8 Å². The summed E-state index contributed by atoms with van der Waals surface area (Å²) in [7, 11) is 5.14. The number of rotatable bonds is 6. The Kier molecular flexibility index (Phi) is 5.32. The Balaban J connectivity index is 1.96. The molecule has 29 heavy (non-hydrogen) atoms. The Labute approximate surface area is 179 Å². The molecular weight excluding hydrogens is 411 g/mol. The first-order valence-electron chi connectivity index (χ1n) is 9.30. The van der Waals surface area contributed by atoms with Gasteiger partial charge in [0.2, 0.25) is 0 Å². The number of benzene rings is 1. The van der Waals surface area contributed by atoms with E-state index in [0.717, 1.165) is 23.1 Å². The SMILES string of the molecule is COc1cc(OC)c(Cl)c(-c2cc3cnc(N)cc3c(N(C)CC3CC3)n2)c1Cl. The summed E-state index contributed by atoms with van der Waals surface area (Å²) in [4.78, 5) is 11.3. The largest absolute Gasteiger partial charge is 0.495 e. The van der Waals surface area contributed by atoms with Crippen molar-refractivity contribution in [3.05, 3.63) is 34.4 Å². The lowest BCUT2D eigenvalue weighted by molar-refractivity contribution is 0.395. The fourth-order valence-electron chi connectivity index (χ4n) is 3.45. The van der Waals surface area contributed by atoms with Gasteiger partial charge in [-0.1, -0.05) is 23.2 Å². The number of anilines is 2. The normalized spacial score (nSPS) is 13.6. The van der Waals surface area contributed by atoms with Crippen molar-refractivity contribution >= 4 is 45.6 Å². The average molecular weight is 433 g/mol. The number of hydrogen-bond donors (Lipinski definition) is 1. The molecule has 0 spiro atoms. The van der Waals surface area contributed by atoms with Gasteiger partial charge in [0.25, 0.3) is 0 Å². The number of nitrogens with zero attached hydrogens (tertiary/aromatic N) is 3. The third-order valence-electron chi connectivity index (χ3n) is 5.14. The number of fused-ring (bicyclic) bond motifs is 1. The molecule has 0 amide bonds. The van der Waals surface area contributed by atoms with Crippen LogP contribution in [0.25, 0.3) is 22.0 Å². The second-order valence-electron chi connectivity index (χ2n) is 7.27. The monoisotopic (exact) mass is 432 g/mol. The van der Waals surface area contributed by atoms with Crippen LogP contribution >= 0.6 is 23.2 Å². The van der Waals surface area contributed by atoms with Crippen molar-refractivity contribution in [3.8, 4) is 22.8 Å². The molecule has 1 fully saturated rings. The van der Waals surface area contributed by atoms with Crippen molar-refractivity contribution in [1.82, 2.24) is 9.97 Å². The van der Waals surface area contributed by atoms with Crippen molar-refractivity contribution in [1.29, 1.82) is 0 Å². The van der Waals surface area contributed by atoms with Crippen LogP contribution in [-0.4, -0.2) is 37.8 Å². The minimum Gasteiger partial charge on any atom is -0.495 e. The maximum Gasteiger partial charge on any atom is 0.141 e. The van der Waals surface area contributed by atoms with Gasteiger partial charge in [0.1, 0.15) is 23.1 Å². The third kappa shape index (κ3) is 3.74. The van der Waals surface area contributed by atoms with Crippen LogP contribution in [0.15, 0.2) is 24.4 Å². The zero-order valence-corrected chi connectivity index (χ0v) is 18.0. The van der Waals surface area contributed by atoms with E-state index in [1.165, 1.54) is 12.8 Å². The molecule has 0 unspecified atom stereocenters. The fourth-order valence-corrected chi connectivity index (χ4v) is 4.14. The first-order valence-corrected chi connectivity index (χ1v) is 10.1. The van der Waals surface area contributed by atoms with Gasteiger partial charge in [-0.15, -0.1) is 0 Å². The van der Waals surface area contributed by atoms with Gasteiger partial charge in [0.05, 0.1) is 30.0 Å². The van der Waals surface area contributed by atoms with Crippen LogP contribution in [0.3, 0.4) is 0 Å². The van der Waals surface area contributed by atoms with Crippen LogP contribution in [-0.2, 0) is 0 Å². The minimum atomic E-state index is 0.379. The van der Waals surface area contributed by atoms with E-state index in [0.29, 0.717) is 44.5 Å². The molecular formula is C21H22Cl2N4O2. The highest BCUT2D eigenvalue weighted by atomic mass is 35.5. The van der Waals surface area contributed by atoms with Gasteiger partial charge in [-0.05, 0) is 30.9 Å². The van der Waals surface area contributed by atoms with Crippen LogP contribution in [0, 0.1) is 5.92 Å². The predicted octanol–water partition coefficient (Wildman–Crippen LogP) is 5.05. The molecule has 1 saturated carbocycles. The molecule has 0 atom stereocenters. The second kappa shape index (κ2) is 7.76. The molecule has 6 nitrogen and oxygen atoms in total. The number of methoxy groups -OCH3 is 2. The number of ether oxygens (including phenoxy) is 2. The summed E-state index contributed by atoms with van der Waals surface area (Å²) in [6.45, 7) is 0.927. The lowest BCUT2D eigenvalue weighted by Crippen LogP contribution is -2.21. The number of pyridine rings is 2. The molecule has 4 rings (SSSR count). The summed E-state index contributed by atoms with van der Waals surface area (Å²) in [6, 6.07) is 5.42. The number of halogens is 2. The molecule has 152 valence electrons. The molecule has 3 aromatic rings. The Morgan fingerprint density at radius 3 is 2.34 bits per heavy atom. The van der Waals surface area contributed by atoms with E-state index in [1.807, 2.05) is 19.2 Å². The molecule has 2 N–H and O–H groups in total. The maximum absolute atomic E-state index is 6.63. The molecule has 0 aliphatic heterocycles. The predicted molar refractivity (Wildman–Crippen MR) is 119 cm³/mol. The molecule has 8 heteroatoms. The fraction of sp³-hybridized carbons (Fsp3) is 0.333. The Morgan fingerprint density at radius 1 is 1.10 bits per heavy atom. The lowest BCUT2D eigenvalue weighted by Gasteiger charge is -2.22. The summed E-state index contributed by atoms with van der Waals surface area (Å²) >= 11 is 13.3. The highest BCUT2D eigenvalue weighted by Gasteiger charge is 2.26. The van der Waals surface area contributed by atoms with Crippen LogP contribution in [0.5, 0.6) is 11.5 Å². The van der Waals surface area contributed by atoms with Gasteiger partial charge in [-0.3, -0.25) is 0 Å². The van der Waals surface area contributed by atoms with E-state index in [1.54, 1.807) is 26.5 Å². The van der Waals surface area contributed by atoms with E-state index in [2.05, 4.69) is 9.88 Å². The maximum atomic E-state index is 6.63. The van der Waals surface area contributed by atoms with Gasteiger partial charge < -0.3 is 20.1 Å². The molecule has 1 aliphatic rings. The summed E-state index contributed by atoms with van der Waals surface area (Å²) in [5.41, 5.74) is 7.13. The van der Waals surface area contributed by atoms with Crippen molar-refractivity contribution in [2.75, 3.05) is 38.4 Å². The number of hydrogen-bond acceptors (Lipinski definition) is 6. The zero-order chi connectivity index (χ0) is 20.7. The van der Waals surface area contributed by atoms with Crippen LogP contribution in [0.2, 0.25) is 10.0 Å². The highest BCUT2D eigenvalue weighted by Crippen LogP contribution is 2.46.